The lowest BCUT2D eigenvalue weighted by atomic mass is 10.2. The number of esters is 1. The topological polar surface area (TPSA) is 86.2 Å². The fourth-order valence-electron chi connectivity index (χ4n) is 2.57. The molecule has 1 fully saturated rings. The lowest BCUT2D eigenvalue weighted by Crippen LogP contribution is -2.24. The predicted octanol–water partition coefficient (Wildman–Crippen LogP) is 4.01. The summed E-state index contributed by atoms with van der Waals surface area (Å²) in [6, 6.07) is 13.0. The molecular formula is C21H21BrN2O5S2. The Kier molecular flexibility index (Phi) is 9.11. The zero-order valence-corrected chi connectivity index (χ0v) is 19.9. The van der Waals surface area contributed by atoms with Crippen LogP contribution in [0.1, 0.15) is 15.7 Å². The molecule has 164 valence electrons. The number of methoxy groups -OCH3 is 1. The first kappa shape index (κ1) is 23.5. The van der Waals surface area contributed by atoms with Crippen LogP contribution in [0.2, 0.25) is 0 Å². The van der Waals surface area contributed by atoms with E-state index in [9.17, 15) is 9.59 Å². The number of rotatable bonds is 9. The Labute approximate surface area is 197 Å². The highest BCUT2D eigenvalue weighted by Gasteiger charge is 2.18. The number of nitrogens with one attached hydrogen (secondary N) is 1. The van der Waals surface area contributed by atoms with E-state index in [0.717, 1.165) is 4.47 Å². The number of amides is 1. The zero-order valence-electron chi connectivity index (χ0n) is 16.7. The molecule has 0 bridgehead atoms. The number of thioether (sulfide) groups is 2. The Balaban J connectivity index is 1.49. The van der Waals surface area contributed by atoms with Gasteiger partial charge in [-0.05, 0) is 35.9 Å². The molecule has 1 saturated heterocycles. The SMILES string of the molecule is COC(=O)COc1ccc(Br)cc1/C=N\NC(=O)COc1ccc(C2SCCS2)cc1. The fourth-order valence-corrected chi connectivity index (χ4v) is 5.81. The van der Waals surface area contributed by atoms with Crippen molar-refractivity contribution in [1.82, 2.24) is 5.43 Å². The van der Waals surface area contributed by atoms with E-state index >= 15 is 0 Å². The van der Waals surface area contributed by atoms with Gasteiger partial charge in [0, 0.05) is 21.5 Å². The molecule has 1 aliphatic heterocycles. The normalized spacial score (nSPS) is 13.9. The molecule has 1 amide bonds. The van der Waals surface area contributed by atoms with Crippen molar-refractivity contribution in [2.75, 3.05) is 31.8 Å². The van der Waals surface area contributed by atoms with Crippen molar-refractivity contribution in [2.45, 2.75) is 4.58 Å². The van der Waals surface area contributed by atoms with E-state index < -0.39 is 11.9 Å². The number of nitrogens with zero attached hydrogens (tertiary/aromatic N) is 1. The van der Waals surface area contributed by atoms with Gasteiger partial charge in [0.2, 0.25) is 0 Å². The lowest BCUT2D eigenvalue weighted by molar-refractivity contribution is -0.142. The van der Waals surface area contributed by atoms with Gasteiger partial charge in [-0.2, -0.15) is 5.10 Å². The van der Waals surface area contributed by atoms with E-state index in [0.29, 0.717) is 21.6 Å². The summed E-state index contributed by atoms with van der Waals surface area (Å²) in [7, 11) is 1.29. The number of ether oxygens (including phenoxy) is 3. The molecule has 0 aromatic heterocycles. The van der Waals surface area contributed by atoms with Crippen molar-refractivity contribution < 1.29 is 23.8 Å². The molecule has 1 heterocycles. The van der Waals surface area contributed by atoms with Crippen molar-refractivity contribution in [3.63, 3.8) is 0 Å². The van der Waals surface area contributed by atoms with Crippen molar-refractivity contribution in [3.05, 3.63) is 58.1 Å². The van der Waals surface area contributed by atoms with Gasteiger partial charge in [0.05, 0.1) is 17.9 Å². The van der Waals surface area contributed by atoms with E-state index in [1.54, 1.807) is 18.2 Å². The monoisotopic (exact) mass is 524 g/mol. The van der Waals surface area contributed by atoms with Gasteiger partial charge in [-0.1, -0.05) is 28.1 Å². The van der Waals surface area contributed by atoms with Gasteiger partial charge in [-0.25, -0.2) is 10.2 Å². The van der Waals surface area contributed by atoms with Crippen LogP contribution in [0.5, 0.6) is 11.5 Å². The molecule has 2 aromatic carbocycles. The van der Waals surface area contributed by atoms with Crippen LogP contribution in [0.15, 0.2) is 52.0 Å². The first-order valence-corrected chi connectivity index (χ1v) is 12.2. The standard InChI is InChI=1S/C21H21BrN2O5S2/c1-27-20(26)13-29-18-7-4-16(22)10-15(18)11-23-24-19(25)12-28-17-5-2-14(3-6-17)21-30-8-9-31-21/h2-7,10-11,21H,8-9,12-13H2,1H3,(H,24,25)/b23-11-. The lowest BCUT2D eigenvalue weighted by Gasteiger charge is -2.10. The first-order chi connectivity index (χ1) is 15.0. The maximum Gasteiger partial charge on any atom is 0.343 e. The molecule has 0 aliphatic carbocycles. The number of carbonyl (C=O) groups is 2. The molecule has 10 heteroatoms. The van der Waals surface area contributed by atoms with Crippen LogP contribution in [-0.4, -0.2) is 49.9 Å². The average Bonchev–Trinajstić information content (AvgIpc) is 3.32. The van der Waals surface area contributed by atoms with Crippen LogP contribution < -0.4 is 14.9 Å². The van der Waals surface area contributed by atoms with Gasteiger partial charge in [-0.15, -0.1) is 23.5 Å². The minimum atomic E-state index is -0.495. The minimum Gasteiger partial charge on any atom is -0.484 e. The fraction of sp³-hybridized carbons (Fsp3) is 0.286. The number of hydrogen-bond donors (Lipinski definition) is 1. The Morgan fingerprint density at radius 3 is 2.58 bits per heavy atom. The summed E-state index contributed by atoms with van der Waals surface area (Å²) in [5, 5.41) is 3.94. The van der Waals surface area contributed by atoms with E-state index in [1.807, 2.05) is 47.8 Å². The molecule has 31 heavy (non-hydrogen) atoms. The molecule has 1 N–H and O–H groups in total. The quantitative estimate of drug-likeness (QED) is 0.301. The van der Waals surface area contributed by atoms with E-state index in [2.05, 4.69) is 31.2 Å². The molecule has 1 aliphatic rings. The van der Waals surface area contributed by atoms with Gasteiger partial charge in [0.15, 0.2) is 13.2 Å². The number of hydrogen-bond acceptors (Lipinski definition) is 8. The Bertz CT molecular complexity index is 934. The maximum absolute atomic E-state index is 12.0. The second-order valence-corrected chi connectivity index (χ2v) is 9.91. The van der Waals surface area contributed by atoms with Gasteiger partial charge >= 0.3 is 5.97 Å². The van der Waals surface area contributed by atoms with Gasteiger partial charge in [-0.3, -0.25) is 4.79 Å². The van der Waals surface area contributed by atoms with E-state index in [-0.39, 0.29) is 13.2 Å². The third-order valence-electron chi connectivity index (χ3n) is 4.08. The smallest absolute Gasteiger partial charge is 0.343 e. The van der Waals surface area contributed by atoms with Gasteiger partial charge in [0.1, 0.15) is 11.5 Å². The van der Waals surface area contributed by atoms with E-state index in [4.69, 9.17) is 9.47 Å². The van der Waals surface area contributed by atoms with Crippen molar-refractivity contribution in [3.8, 4) is 11.5 Å². The van der Waals surface area contributed by atoms with Crippen LogP contribution in [0, 0.1) is 0 Å². The molecule has 3 rings (SSSR count). The molecule has 7 nitrogen and oxygen atoms in total. The molecule has 2 aromatic rings. The maximum atomic E-state index is 12.0. The van der Waals surface area contributed by atoms with Crippen LogP contribution in [0.25, 0.3) is 0 Å². The summed E-state index contributed by atoms with van der Waals surface area (Å²) in [5.41, 5.74) is 4.26. The number of hydrazone groups is 1. The summed E-state index contributed by atoms with van der Waals surface area (Å²) in [5.74, 6) is 2.52. The van der Waals surface area contributed by atoms with Gasteiger partial charge < -0.3 is 14.2 Å². The summed E-state index contributed by atoms with van der Waals surface area (Å²) >= 11 is 7.25. The molecular weight excluding hydrogens is 504 g/mol. The number of halogens is 1. The van der Waals surface area contributed by atoms with Crippen LogP contribution >= 0.6 is 39.5 Å². The third-order valence-corrected chi connectivity index (χ3v) is 7.68. The highest BCUT2D eigenvalue weighted by Crippen LogP contribution is 2.45. The molecule has 0 unspecified atom stereocenters. The zero-order chi connectivity index (χ0) is 22.1. The average molecular weight is 525 g/mol. The number of benzene rings is 2. The molecule has 0 radical (unpaired) electrons. The Hall–Kier alpha value is -2.17. The molecule has 0 atom stereocenters. The van der Waals surface area contributed by atoms with Gasteiger partial charge in [0.25, 0.3) is 5.91 Å². The summed E-state index contributed by atoms with van der Waals surface area (Å²) in [6.07, 6.45) is 1.43. The minimum absolute atomic E-state index is 0.159. The van der Waals surface area contributed by atoms with Crippen molar-refractivity contribution >= 4 is 57.5 Å². The summed E-state index contributed by atoms with van der Waals surface area (Å²) in [4.78, 5) is 23.3. The van der Waals surface area contributed by atoms with Crippen molar-refractivity contribution in [2.24, 2.45) is 5.10 Å². The predicted molar refractivity (Wildman–Crippen MR) is 127 cm³/mol. The Morgan fingerprint density at radius 1 is 1.13 bits per heavy atom. The molecule has 0 spiro atoms. The van der Waals surface area contributed by atoms with Crippen molar-refractivity contribution in [1.29, 1.82) is 0 Å². The highest BCUT2D eigenvalue weighted by atomic mass is 79.9. The Morgan fingerprint density at radius 2 is 1.87 bits per heavy atom. The summed E-state index contributed by atoms with van der Waals surface area (Å²) in [6.45, 7) is -0.385. The largest absolute Gasteiger partial charge is 0.484 e. The molecule has 0 saturated carbocycles. The number of carbonyl (C=O) groups excluding carboxylic acids is 2. The summed E-state index contributed by atoms with van der Waals surface area (Å²) < 4.78 is 16.8. The first-order valence-electron chi connectivity index (χ1n) is 9.32. The van der Waals surface area contributed by atoms with Crippen LogP contribution in [0.3, 0.4) is 0 Å². The van der Waals surface area contributed by atoms with E-state index in [1.165, 1.54) is 30.4 Å². The van der Waals surface area contributed by atoms with Crippen LogP contribution in [0.4, 0.5) is 0 Å². The third kappa shape index (κ3) is 7.48. The second-order valence-electron chi connectivity index (χ2n) is 6.27. The second kappa shape index (κ2) is 12.0. The van der Waals surface area contributed by atoms with Crippen LogP contribution in [-0.2, 0) is 14.3 Å². The highest BCUT2D eigenvalue weighted by molar-refractivity contribution is 9.10.